The third kappa shape index (κ3) is 2.90. The lowest BCUT2D eigenvalue weighted by Crippen LogP contribution is -1.90. The summed E-state index contributed by atoms with van der Waals surface area (Å²) in [7, 11) is 0. The van der Waals surface area contributed by atoms with Crippen molar-refractivity contribution < 1.29 is 9.84 Å². The van der Waals surface area contributed by atoms with Crippen molar-refractivity contribution in [1.82, 2.24) is 4.98 Å². The van der Waals surface area contributed by atoms with Gasteiger partial charge in [0.25, 0.3) is 0 Å². The highest BCUT2D eigenvalue weighted by Crippen LogP contribution is 2.32. The van der Waals surface area contributed by atoms with Crippen LogP contribution in [0.1, 0.15) is 5.69 Å². The average Bonchev–Trinajstić information content (AvgIpc) is 2.27. The van der Waals surface area contributed by atoms with Gasteiger partial charge in [0.05, 0.1) is 5.69 Å². The van der Waals surface area contributed by atoms with E-state index in [1.54, 1.807) is 18.2 Å². The molecule has 0 aliphatic heterocycles. The highest BCUT2D eigenvalue weighted by Gasteiger charge is 2.06. The molecule has 0 aliphatic rings. The van der Waals surface area contributed by atoms with E-state index < -0.39 is 0 Å². The first-order chi connectivity index (χ1) is 8.06. The molecule has 17 heavy (non-hydrogen) atoms. The summed E-state index contributed by atoms with van der Waals surface area (Å²) in [6.07, 6.45) is 0. The Labute approximate surface area is 112 Å². The van der Waals surface area contributed by atoms with Crippen LogP contribution in [0, 0.1) is 6.92 Å². The lowest BCUT2D eigenvalue weighted by Gasteiger charge is -2.07. The Morgan fingerprint density at radius 1 is 1.29 bits per heavy atom. The second-order valence-corrected chi connectivity index (χ2v) is 4.72. The van der Waals surface area contributed by atoms with E-state index in [9.17, 15) is 5.11 Å². The normalized spacial score (nSPS) is 10.3. The molecule has 3 nitrogen and oxygen atoms in total. The number of rotatable bonds is 2. The van der Waals surface area contributed by atoms with Crippen LogP contribution in [0.3, 0.4) is 0 Å². The number of nitrogens with zero attached hydrogens (tertiary/aromatic N) is 1. The fourth-order valence-electron chi connectivity index (χ4n) is 1.27. The monoisotopic (exact) mass is 313 g/mol. The number of aryl methyl sites for hydroxylation is 1. The lowest BCUT2D eigenvalue weighted by molar-refractivity contribution is 0.402. The van der Waals surface area contributed by atoms with Gasteiger partial charge in [0.1, 0.15) is 0 Å². The maximum Gasteiger partial charge on any atom is 0.219 e. The molecule has 0 unspecified atom stereocenters. The topological polar surface area (TPSA) is 42.4 Å². The van der Waals surface area contributed by atoms with Gasteiger partial charge in [-0.25, -0.2) is 4.98 Å². The molecule has 88 valence electrons. The van der Waals surface area contributed by atoms with Crippen LogP contribution >= 0.6 is 27.5 Å². The number of phenolic OH excluding ortho intramolecular Hbond substituents is 1. The fraction of sp³-hybridized carbons (Fsp3) is 0.0833. The molecule has 0 saturated heterocycles. The molecule has 5 heteroatoms. The van der Waals surface area contributed by atoms with Gasteiger partial charge in [0.2, 0.25) is 5.88 Å². The SMILES string of the molecule is Cc1nc(Oc2ccc(Cl)cc2O)ccc1Br. The molecule has 0 spiro atoms. The maximum absolute atomic E-state index is 9.63. The molecule has 1 heterocycles. The summed E-state index contributed by atoms with van der Waals surface area (Å²) in [5.74, 6) is 0.729. The minimum Gasteiger partial charge on any atom is -0.504 e. The molecule has 1 aromatic carbocycles. The standard InChI is InChI=1S/C12H9BrClNO2/c1-7-9(13)3-5-12(15-7)17-11-4-2-8(14)6-10(11)16/h2-6,16H,1H3. The second kappa shape index (κ2) is 4.94. The molecule has 0 bridgehead atoms. The van der Waals surface area contributed by atoms with Gasteiger partial charge in [0, 0.05) is 21.6 Å². The molecule has 0 saturated carbocycles. The summed E-state index contributed by atoms with van der Waals surface area (Å²) in [5.41, 5.74) is 0.816. The number of ether oxygens (including phenoxy) is 1. The van der Waals surface area contributed by atoms with Crippen LogP contribution in [-0.2, 0) is 0 Å². The molecule has 2 aromatic rings. The number of benzene rings is 1. The third-order valence-electron chi connectivity index (χ3n) is 2.13. The van der Waals surface area contributed by atoms with Crippen LogP contribution in [0.25, 0.3) is 0 Å². The van der Waals surface area contributed by atoms with E-state index in [2.05, 4.69) is 20.9 Å². The van der Waals surface area contributed by atoms with E-state index in [1.165, 1.54) is 6.07 Å². The first-order valence-corrected chi connectivity index (χ1v) is 6.03. The van der Waals surface area contributed by atoms with Gasteiger partial charge in [-0.2, -0.15) is 0 Å². The smallest absolute Gasteiger partial charge is 0.219 e. The number of phenols is 1. The van der Waals surface area contributed by atoms with Crippen LogP contribution in [0.5, 0.6) is 17.4 Å². The van der Waals surface area contributed by atoms with Crippen molar-refractivity contribution in [1.29, 1.82) is 0 Å². The van der Waals surface area contributed by atoms with Gasteiger partial charge in [-0.15, -0.1) is 0 Å². The molecular weight excluding hydrogens is 305 g/mol. The number of hydrogen-bond donors (Lipinski definition) is 1. The summed E-state index contributed by atoms with van der Waals surface area (Å²) >= 11 is 9.08. The average molecular weight is 315 g/mol. The molecule has 0 amide bonds. The van der Waals surface area contributed by atoms with Crippen molar-refractivity contribution >= 4 is 27.5 Å². The maximum atomic E-state index is 9.63. The zero-order chi connectivity index (χ0) is 12.4. The van der Waals surface area contributed by atoms with Crippen molar-refractivity contribution in [3.63, 3.8) is 0 Å². The number of aromatic hydroxyl groups is 1. The minimum absolute atomic E-state index is 0.0140. The van der Waals surface area contributed by atoms with Crippen molar-refractivity contribution in [2.45, 2.75) is 6.92 Å². The van der Waals surface area contributed by atoms with Gasteiger partial charge in [-0.3, -0.25) is 0 Å². The molecule has 0 fully saturated rings. The largest absolute Gasteiger partial charge is 0.504 e. The quantitative estimate of drug-likeness (QED) is 0.898. The number of hydrogen-bond acceptors (Lipinski definition) is 3. The molecule has 2 rings (SSSR count). The minimum atomic E-state index is -0.0140. The summed E-state index contributed by atoms with van der Waals surface area (Å²) in [6.45, 7) is 1.86. The Morgan fingerprint density at radius 2 is 2.06 bits per heavy atom. The Hall–Kier alpha value is -1.26. The van der Waals surface area contributed by atoms with E-state index in [0.29, 0.717) is 16.7 Å². The van der Waals surface area contributed by atoms with Crippen LogP contribution in [0.2, 0.25) is 5.02 Å². The highest BCUT2D eigenvalue weighted by molar-refractivity contribution is 9.10. The Kier molecular flexibility index (Phi) is 3.54. The van der Waals surface area contributed by atoms with E-state index in [1.807, 2.05) is 13.0 Å². The summed E-state index contributed by atoms with van der Waals surface area (Å²) < 4.78 is 6.37. The van der Waals surface area contributed by atoms with Crippen molar-refractivity contribution in [3.8, 4) is 17.4 Å². The first kappa shape index (κ1) is 12.2. The predicted octanol–water partition coefficient (Wildman–Crippen LogP) is 4.30. The molecular formula is C12H9BrClNO2. The summed E-state index contributed by atoms with van der Waals surface area (Å²) in [4.78, 5) is 4.22. The number of halogens is 2. The zero-order valence-electron chi connectivity index (χ0n) is 8.95. The highest BCUT2D eigenvalue weighted by atomic mass is 79.9. The Morgan fingerprint density at radius 3 is 2.71 bits per heavy atom. The third-order valence-corrected chi connectivity index (χ3v) is 3.20. The molecule has 1 N–H and O–H groups in total. The van der Waals surface area contributed by atoms with Crippen molar-refractivity contribution in [2.75, 3.05) is 0 Å². The Bertz CT molecular complexity index is 560. The second-order valence-electron chi connectivity index (χ2n) is 3.43. The van der Waals surface area contributed by atoms with Gasteiger partial charge in [-0.05, 0) is 41.1 Å². The zero-order valence-corrected chi connectivity index (χ0v) is 11.3. The molecule has 0 aliphatic carbocycles. The van der Waals surface area contributed by atoms with E-state index >= 15 is 0 Å². The van der Waals surface area contributed by atoms with Gasteiger partial charge in [0.15, 0.2) is 11.5 Å². The van der Waals surface area contributed by atoms with Crippen LogP contribution in [0.4, 0.5) is 0 Å². The first-order valence-electron chi connectivity index (χ1n) is 4.86. The Balaban J connectivity index is 2.28. The number of pyridine rings is 1. The molecule has 0 atom stereocenters. The van der Waals surface area contributed by atoms with Crippen molar-refractivity contribution in [3.05, 3.63) is 45.5 Å². The fourth-order valence-corrected chi connectivity index (χ4v) is 1.65. The van der Waals surface area contributed by atoms with E-state index in [4.69, 9.17) is 16.3 Å². The number of aromatic nitrogens is 1. The van der Waals surface area contributed by atoms with Crippen LogP contribution in [-0.4, -0.2) is 10.1 Å². The van der Waals surface area contributed by atoms with Crippen molar-refractivity contribution in [2.24, 2.45) is 0 Å². The van der Waals surface area contributed by atoms with E-state index in [-0.39, 0.29) is 5.75 Å². The van der Waals surface area contributed by atoms with Gasteiger partial charge < -0.3 is 9.84 Å². The summed E-state index contributed by atoms with van der Waals surface area (Å²) in [6, 6.07) is 8.21. The molecule has 0 radical (unpaired) electrons. The van der Waals surface area contributed by atoms with Gasteiger partial charge >= 0.3 is 0 Å². The van der Waals surface area contributed by atoms with Gasteiger partial charge in [-0.1, -0.05) is 11.6 Å². The molecule has 1 aromatic heterocycles. The predicted molar refractivity (Wildman–Crippen MR) is 69.9 cm³/mol. The lowest BCUT2D eigenvalue weighted by atomic mass is 10.3. The summed E-state index contributed by atoms with van der Waals surface area (Å²) in [5, 5.41) is 10.1. The van der Waals surface area contributed by atoms with E-state index in [0.717, 1.165) is 10.2 Å². The van der Waals surface area contributed by atoms with Crippen LogP contribution in [0.15, 0.2) is 34.8 Å². The van der Waals surface area contributed by atoms with Crippen LogP contribution < -0.4 is 4.74 Å².